The fourth-order valence-corrected chi connectivity index (χ4v) is 5.60. The van der Waals surface area contributed by atoms with Gasteiger partial charge >= 0.3 is 6.18 Å². The van der Waals surface area contributed by atoms with E-state index >= 15 is 0 Å². The summed E-state index contributed by atoms with van der Waals surface area (Å²) in [4.78, 5) is 44.7. The summed E-state index contributed by atoms with van der Waals surface area (Å²) < 4.78 is 39.5. The molecule has 3 rings (SSSR count). The van der Waals surface area contributed by atoms with Gasteiger partial charge in [0, 0.05) is 57.9 Å². The van der Waals surface area contributed by atoms with Crippen LogP contribution in [-0.2, 0) is 11.0 Å². The predicted molar refractivity (Wildman–Crippen MR) is 130 cm³/mol. The smallest absolute Gasteiger partial charge is 0.349 e. The van der Waals surface area contributed by atoms with Gasteiger partial charge in [0.05, 0.1) is 17.0 Å². The van der Waals surface area contributed by atoms with E-state index in [0.717, 1.165) is 37.4 Å². The maximum atomic E-state index is 13.2. The summed E-state index contributed by atoms with van der Waals surface area (Å²) in [5.41, 5.74) is -2.47. The van der Waals surface area contributed by atoms with E-state index in [0.29, 0.717) is 50.0 Å². The summed E-state index contributed by atoms with van der Waals surface area (Å²) in [7, 11) is 3.34. The van der Waals surface area contributed by atoms with Crippen molar-refractivity contribution in [3.63, 3.8) is 0 Å². The van der Waals surface area contributed by atoms with Gasteiger partial charge in [-0.05, 0) is 30.7 Å². The number of amidine groups is 1. The van der Waals surface area contributed by atoms with Gasteiger partial charge < -0.3 is 9.80 Å². The number of amides is 1. The zero-order chi connectivity index (χ0) is 26.5. The molecule has 0 aromatic heterocycles. The van der Waals surface area contributed by atoms with E-state index in [1.54, 1.807) is 0 Å². The van der Waals surface area contributed by atoms with Crippen LogP contribution in [0.25, 0.3) is 0 Å². The number of nitrogens with zero attached hydrogens (tertiary/aromatic N) is 5. The van der Waals surface area contributed by atoms with Gasteiger partial charge in [-0.3, -0.25) is 29.6 Å². The molecule has 1 aliphatic carbocycles. The third-order valence-electron chi connectivity index (χ3n) is 6.65. The highest BCUT2D eigenvalue weighted by atomic mass is 32.2. The second kappa shape index (κ2) is 12.0. The number of nitro groups is 1. The van der Waals surface area contributed by atoms with Gasteiger partial charge in [0.15, 0.2) is 11.5 Å². The maximum Gasteiger partial charge on any atom is 0.416 e. The number of benzene rings is 1. The largest absolute Gasteiger partial charge is 0.416 e. The van der Waals surface area contributed by atoms with E-state index in [9.17, 15) is 32.9 Å². The number of hydrogen-bond acceptors (Lipinski definition) is 7. The lowest BCUT2D eigenvalue weighted by Gasteiger charge is -2.37. The first-order valence-corrected chi connectivity index (χ1v) is 12.6. The van der Waals surface area contributed by atoms with Gasteiger partial charge in [0.25, 0.3) is 5.69 Å². The number of thioether (sulfide) groups is 1. The molecular weight excluding hydrogens is 499 g/mol. The standard InChI is InChI=1S/C23H30F3N5O4S/c1-27-22(36-21-16(15-32)12-17(23(24,25)26)13-19(21)31(34)35)30-10-8-29(9-11-30)14-20(33)28(2)18-6-4-3-5-7-18/h12-13,15,18H,3-11,14H2,1-2H3. The molecule has 1 aromatic rings. The van der Waals surface area contributed by atoms with Crippen molar-refractivity contribution in [1.29, 1.82) is 0 Å². The van der Waals surface area contributed by atoms with E-state index in [1.807, 2.05) is 21.7 Å². The van der Waals surface area contributed by atoms with Gasteiger partial charge in [-0.2, -0.15) is 13.2 Å². The molecule has 0 spiro atoms. The molecule has 0 N–H and O–H groups in total. The van der Waals surface area contributed by atoms with Gasteiger partial charge in [-0.1, -0.05) is 19.3 Å². The normalized spacial score (nSPS) is 18.2. The minimum absolute atomic E-state index is 0.0742. The Morgan fingerprint density at radius 1 is 1.22 bits per heavy atom. The van der Waals surface area contributed by atoms with Gasteiger partial charge in [0.1, 0.15) is 4.90 Å². The Balaban J connectivity index is 1.66. The third kappa shape index (κ3) is 6.75. The monoisotopic (exact) mass is 529 g/mol. The van der Waals surface area contributed by atoms with Crippen molar-refractivity contribution in [3.8, 4) is 0 Å². The quantitative estimate of drug-likeness (QED) is 0.138. The summed E-state index contributed by atoms with van der Waals surface area (Å²) in [5.74, 6) is 0.0742. The second-order valence-electron chi connectivity index (χ2n) is 8.95. The summed E-state index contributed by atoms with van der Waals surface area (Å²) in [6.07, 6.45) is 0.909. The summed E-state index contributed by atoms with van der Waals surface area (Å²) in [6.45, 7) is 2.36. The lowest BCUT2D eigenvalue weighted by atomic mass is 9.94. The number of hydrogen-bond donors (Lipinski definition) is 0. The number of piperazine rings is 1. The molecule has 0 bridgehead atoms. The Kier molecular flexibility index (Phi) is 9.34. The first-order valence-electron chi connectivity index (χ1n) is 11.8. The first-order chi connectivity index (χ1) is 17.0. The van der Waals surface area contributed by atoms with Gasteiger partial charge in [-0.25, -0.2) is 0 Å². The van der Waals surface area contributed by atoms with Crippen molar-refractivity contribution in [3.05, 3.63) is 33.4 Å². The number of carbonyl (C=O) groups is 2. The Bertz CT molecular complexity index is 1010. The van der Waals surface area contributed by atoms with Crippen LogP contribution in [0.1, 0.15) is 48.0 Å². The van der Waals surface area contributed by atoms with Crippen molar-refractivity contribution in [1.82, 2.24) is 14.7 Å². The molecule has 0 unspecified atom stereocenters. The summed E-state index contributed by atoms with van der Waals surface area (Å²) in [6, 6.07) is 1.34. The molecule has 13 heteroatoms. The fourth-order valence-electron chi connectivity index (χ4n) is 4.55. The molecular formula is C23H30F3N5O4S. The van der Waals surface area contributed by atoms with Crippen molar-refractivity contribution in [2.24, 2.45) is 4.99 Å². The van der Waals surface area contributed by atoms with Crippen LogP contribution >= 0.6 is 11.8 Å². The van der Waals surface area contributed by atoms with Crippen molar-refractivity contribution in [2.45, 2.75) is 49.2 Å². The van der Waals surface area contributed by atoms with Crippen molar-refractivity contribution < 1.29 is 27.7 Å². The molecule has 1 aromatic carbocycles. The topological polar surface area (TPSA) is 99.4 Å². The number of carbonyl (C=O) groups excluding carboxylic acids is 2. The molecule has 9 nitrogen and oxygen atoms in total. The number of likely N-dealkylation sites (N-methyl/N-ethyl adjacent to an activating group) is 1. The van der Waals surface area contributed by atoms with E-state index < -0.39 is 27.9 Å². The van der Waals surface area contributed by atoms with Crippen molar-refractivity contribution >= 4 is 34.8 Å². The molecule has 36 heavy (non-hydrogen) atoms. The number of halogens is 3. The lowest BCUT2D eigenvalue weighted by molar-refractivity contribution is -0.388. The maximum absolute atomic E-state index is 13.2. The molecule has 1 saturated heterocycles. The average molecular weight is 530 g/mol. The van der Waals surface area contributed by atoms with Gasteiger partial charge in [-0.15, -0.1) is 0 Å². The van der Waals surface area contributed by atoms with E-state index in [2.05, 4.69) is 4.99 Å². The zero-order valence-corrected chi connectivity index (χ0v) is 21.1. The second-order valence-corrected chi connectivity index (χ2v) is 9.93. The Hall–Kier alpha value is -2.67. The minimum atomic E-state index is -4.83. The fraction of sp³-hybridized carbons (Fsp3) is 0.609. The van der Waals surface area contributed by atoms with Crippen LogP contribution in [0.4, 0.5) is 18.9 Å². The number of alkyl halides is 3. The molecule has 1 aliphatic heterocycles. The SMILES string of the molecule is CN=C(Sc1c(C=O)cc(C(F)(F)F)cc1[N+](=O)[O-])N1CCN(CC(=O)N(C)C2CCCCC2)CC1. The highest BCUT2D eigenvalue weighted by Crippen LogP contribution is 2.39. The highest BCUT2D eigenvalue weighted by Gasteiger charge is 2.35. The Labute approximate surface area is 211 Å². The Morgan fingerprint density at radius 3 is 2.39 bits per heavy atom. The van der Waals surface area contributed by atoms with Crippen LogP contribution in [0.2, 0.25) is 0 Å². The molecule has 1 saturated carbocycles. The summed E-state index contributed by atoms with van der Waals surface area (Å²) >= 11 is 0.802. The minimum Gasteiger partial charge on any atom is -0.349 e. The highest BCUT2D eigenvalue weighted by molar-refractivity contribution is 8.14. The van der Waals surface area contributed by atoms with Gasteiger partial charge in [0.2, 0.25) is 5.91 Å². The molecule has 198 valence electrons. The lowest BCUT2D eigenvalue weighted by Crippen LogP contribution is -2.51. The number of aldehydes is 1. The molecule has 0 atom stereocenters. The van der Waals surface area contributed by atoms with Crippen LogP contribution in [0.15, 0.2) is 22.0 Å². The molecule has 2 fully saturated rings. The van der Waals surface area contributed by atoms with Crippen LogP contribution in [-0.4, -0.2) is 89.8 Å². The van der Waals surface area contributed by atoms with Crippen LogP contribution in [0.5, 0.6) is 0 Å². The van der Waals surface area contributed by atoms with Crippen LogP contribution < -0.4 is 0 Å². The zero-order valence-electron chi connectivity index (χ0n) is 20.3. The number of nitro benzene ring substituents is 1. The molecule has 1 amide bonds. The molecule has 1 heterocycles. The van der Waals surface area contributed by atoms with Crippen LogP contribution in [0, 0.1) is 10.1 Å². The summed E-state index contributed by atoms with van der Waals surface area (Å²) in [5, 5.41) is 11.9. The Morgan fingerprint density at radius 2 is 1.86 bits per heavy atom. The van der Waals surface area contributed by atoms with E-state index in [4.69, 9.17) is 0 Å². The first kappa shape index (κ1) is 27.9. The van der Waals surface area contributed by atoms with Crippen molar-refractivity contribution in [2.75, 3.05) is 46.8 Å². The number of aliphatic imine (C=N–C) groups is 1. The number of rotatable bonds is 6. The average Bonchev–Trinajstić information content (AvgIpc) is 2.86. The van der Waals surface area contributed by atoms with E-state index in [-0.39, 0.29) is 23.1 Å². The molecule has 2 aliphatic rings. The predicted octanol–water partition coefficient (Wildman–Crippen LogP) is 3.91. The molecule has 0 radical (unpaired) electrons. The van der Waals surface area contributed by atoms with E-state index in [1.165, 1.54) is 13.5 Å². The van der Waals surface area contributed by atoms with Crippen LogP contribution in [0.3, 0.4) is 0 Å². The third-order valence-corrected chi connectivity index (χ3v) is 7.92.